The molecule has 2 aromatic rings. The molecule has 1 unspecified atom stereocenters. The minimum absolute atomic E-state index is 0.383. The van der Waals surface area contributed by atoms with Crippen LogP contribution in [-0.4, -0.2) is 18.8 Å². The molecule has 0 bridgehead atoms. The summed E-state index contributed by atoms with van der Waals surface area (Å²) in [6.07, 6.45) is -0.615. The van der Waals surface area contributed by atoms with Crippen molar-refractivity contribution in [1.29, 1.82) is 0 Å². The lowest BCUT2D eigenvalue weighted by Crippen LogP contribution is -2.12. The monoisotopic (exact) mass is 355 g/mol. The van der Waals surface area contributed by atoms with Gasteiger partial charge >= 0.3 is 0 Å². The number of ether oxygens (including phenoxy) is 1. The number of nitrogens with one attached hydrogen (secondary N) is 1. The number of aliphatic hydroxyl groups is 1. The van der Waals surface area contributed by atoms with Gasteiger partial charge in [-0.3, -0.25) is 0 Å². The topological polar surface area (TPSA) is 41.5 Å². The molecular weight excluding hydrogens is 342 g/mol. The van der Waals surface area contributed by atoms with Crippen molar-refractivity contribution in [2.45, 2.75) is 6.10 Å². The Morgan fingerprint density at radius 3 is 2.60 bits per heavy atom. The Balaban J connectivity index is 2.04. The highest BCUT2D eigenvalue weighted by atomic mass is 79.9. The lowest BCUT2D eigenvalue weighted by molar-refractivity contribution is 0.191. The lowest BCUT2D eigenvalue weighted by atomic mass is 10.1. The largest absolute Gasteiger partial charge is 0.495 e. The molecule has 0 spiro atoms. The molecule has 2 N–H and O–H groups in total. The Morgan fingerprint density at radius 1 is 1.25 bits per heavy atom. The van der Waals surface area contributed by atoms with Crippen LogP contribution in [0.15, 0.2) is 46.9 Å². The van der Waals surface area contributed by atoms with Gasteiger partial charge in [0.15, 0.2) is 0 Å². The van der Waals surface area contributed by atoms with Gasteiger partial charge in [0.25, 0.3) is 0 Å². The molecule has 2 aromatic carbocycles. The fraction of sp³-hybridized carbons (Fsp3) is 0.200. The zero-order valence-electron chi connectivity index (χ0n) is 10.9. The Labute approximate surface area is 131 Å². The quantitative estimate of drug-likeness (QED) is 0.841. The van der Waals surface area contributed by atoms with Crippen LogP contribution in [0.1, 0.15) is 11.7 Å². The molecule has 20 heavy (non-hydrogen) atoms. The third-order valence-electron chi connectivity index (χ3n) is 2.90. The van der Waals surface area contributed by atoms with Crippen molar-refractivity contribution >= 4 is 33.2 Å². The molecule has 0 radical (unpaired) electrons. The summed E-state index contributed by atoms with van der Waals surface area (Å²) in [5.41, 5.74) is 1.64. The van der Waals surface area contributed by atoms with E-state index in [9.17, 15) is 5.11 Å². The molecule has 0 saturated heterocycles. The molecule has 2 rings (SSSR count). The average Bonchev–Trinajstić information content (AvgIpc) is 2.45. The molecule has 0 aliphatic heterocycles. The van der Waals surface area contributed by atoms with Gasteiger partial charge in [0, 0.05) is 16.0 Å². The summed E-state index contributed by atoms with van der Waals surface area (Å²) in [6, 6.07) is 12.8. The van der Waals surface area contributed by atoms with Gasteiger partial charge in [-0.2, -0.15) is 0 Å². The number of methoxy groups -OCH3 is 1. The highest BCUT2D eigenvalue weighted by Gasteiger charge is 2.09. The predicted octanol–water partition coefficient (Wildman–Crippen LogP) is 4.26. The minimum Gasteiger partial charge on any atom is -0.495 e. The van der Waals surface area contributed by atoms with Crippen molar-refractivity contribution in [2.75, 3.05) is 19.0 Å². The van der Waals surface area contributed by atoms with E-state index >= 15 is 0 Å². The third-order valence-corrected chi connectivity index (χ3v) is 3.65. The van der Waals surface area contributed by atoms with Crippen molar-refractivity contribution in [2.24, 2.45) is 0 Å². The first kappa shape index (κ1) is 15.2. The van der Waals surface area contributed by atoms with E-state index < -0.39 is 6.10 Å². The van der Waals surface area contributed by atoms with Gasteiger partial charge < -0.3 is 15.2 Å². The zero-order chi connectivity index (χ0) is 14.5. The Morgan fingerprint density at radius 2 is 1.95 bits per heavy atom. The predicted molar refractivity (Wildman–Crippen MR) is 85.6 cm³/mol. The summed E-state index contributed by atoms with van der Waals surface area (Å²) in [5.74, 6) is 0.733. The molecular formula is C15H15BrClNO2. The first-order chi connectivity index (χ1) is 9.60. The van der Waals surface area contributed by atoms with Crippen molar-refractivity contribution in [3.05, 3.63) is 57.5 Å². The molecule has 5 heteroatoms. The first-order valence-corrected chi connectivity index (χ1v) is 7.28. The SMILES string of the molecule is COc1ccc(Br)cc1NCC(O)c1ccc(Cl)cc1. The maximum Gasteiger partial charge on any atom is 0.142 e. The summed E-state index contributed by atoms with van der Waals surface area (Å²) in [4.78, 5) is 0. The van der Waals surface area contributed by atoms with Crippen LogP contribution in [0.2, 0.25) is 5.02 Å². The summed E-state index contributed by atoms with van der Waals surface area (Å²) in [5, 5.41) is 14.0. The van der Waals surface area contributed by atoms with Crippen LogP contribution in [0.3, 0.4) is 0 Å². The standard InChI is InChI=1S/C15H15BrClNO2/c1-20-15-7-4-11(16)8-13(15)18-9-14(19)10-2-5-12(17)6-3-10/h2-8,14,18-19H,9H2,1H3. The molecule has 1 atom stereocenters. The van der Waals surface area contributed by atoms with Crippen LogP contribution in [0.25, 0.3) is 0 Å². The van der Waals surface area contributed by atoms with Gasteiger partial charge in [-0.25, -0.2) is 0 Å². The molecule has 3 nitrogen and oxygen atoms in total. The van der Waals surface area contributed by atoms with Gasteiger partial charge in [0.2, 0.25) is 0 Å². The fourth-order valence-corrected chi connectivity index (χ4v) is 2.31. The fourth-order valence-electron chi connectivity index (χ4n) is 1.83. The minimum atomic E-state index is -0.615. The third kappa shape index (κ3) is 3.88. The average molecular weight is 357 g/mol. The Hall–Kier alpha value is -1.23. The van der Waals surface area contributed by atoms with Crippen LogP contribution >= 0.6 is 27.5 Å². The number of hydrogen-bond donors (Lipinski definition) is 2. The molecule has 0 saturated carbocycles. The molecule has 106 valence electrons. The number of hydrogen-bond acceptors (Lipinski definition) is 3. The van der Waals surface area contributed by atoms with Crippen LogP contribution < -0.4 is 10.1 Å². The Kier molecular flexibility index (Phi) is 5.29. The van der Waals surface area contributed by atoms with E-state index in [1.54, 1.807) is 19.2 Å². The number of anilines is 1. The van der Waals surface area contributed by atoms with Gasteiger partial charge in [-0.15, -0.1) is 0 Å². The van der Waals surface area contributed by atoms with Gasteiger partial charge in [0.05, 0.1) is 18.9 Å². The van der Waals surface area contributed by atoms with E-state index in [0.29, 0.717) is 11.6 Å². The number of halogens is 2. The number of rotatable bonds is 5. The van der Waals surface area contributed by atoms with Crippen LogP contribution in [0.5, 0.6) is 5.75 Å². The molecule has 0 amide bonds. The first-order valence-electron chi connectivity index (χ1n) is 6.11. The van der Waals surface area contributed by atoms with E-state index in [-0.39, 0.29) is 0 Å². The number of benzene rings is 2. The lowest BCUT2D eigenvalue weighted by Gasteiger charge is -2.15. The van der Waals surface area contributed by atoms with Gasteiger partial charge in [-0.05, 0) is 35.9 Å². The van der Waals surface area contributed by atoms with E-state index in [0.717, 1.165) is 21.5 Å². The summed E-state index contributed by atoms with van der Waals surface area (Å²) >= 11 is 9.24. The highest BCUT2D eigenvalue weighted by Crippen LogP contribution is 2.28. The second-order valence-electron chi connectivity index (χ2n) is 4.29. The van der Waals surface area contributed by atoms with Crippen molar-refractivity contribution in [1.82, 2.24) is 0 Å². The summed E-state index contributed by atoms with van der Waals surface area (Å²) in [6.45, 7) is 0.383. The summed E-state index contributed by atoms with van der Waals surface area (Å²) in [7, 11) is 1.62. The second kappa shape index (κ2) is 6.97. The molecule has 0 aromatic heterocycles. The van der Waals surface area contributed by atoms with E-state index in [2.05, 4.69) is 21.2 Å². The molecule has 0 fully saturated rings. The van der Waals surface area contributed by atoms with Crippen LogP contribution in [-0.2, 0) is 0 Å². The normalized spacial score (nSPS) is 12.0. The summed E-state index contributed by atoms with van der Waals surface area (Å²) < 4.78 is 6.22. The van der Waals surface area contributed by atoms with Crippen molar-refractivity contribution in [3.8, 4) is 5.75 Å². The van der Waals surface area contributed by atoms with Crippen molar-refractivity contribution in [3.63, 3.8) is 0 Å². The highest BCUT2D eigenvalue weighted by molar-refractivity contribution is 9.10. The van der Waals surface area contributed by atoms with E-state index in [1.807, 2.05) is 30.3 Å². The Bertz CT molecular complexity index is 575. The van der Waals surface area contributed by atoms with Crippen LogP contribution in [0.4, 0.5) is 5.69 Å². The molecule has 0 heterocycles. The maximum absolute atomic E-state index is 10.1. The second-order valence-corrected chi connectivity index (χ2v) is 5.64. The van der Waals surface area contributed by atoms with E-state index in [4.69, 9.17) is 16.3 Å². The zero-order valence-corrected chi connectivity index (χ0v) is 13.3. The smallest absolute Gasteiger partial charge is 0.142 e. The molecule has 0 aliphatic rings. The van der Waals surface area contributed by atoms with Crippen molar-refractivity contribution < 1.29 is 9.84 Å². The molecule has 0 aliphatic carbocycles. The van der Waals surface area contributed by atoms with Gasteiger partial charge in [-0.1, -0.05) is 39.7 Å². The van der Waals surface area contributed by atoms with E-state index in [1.165, 1.54) is 0 Å². The number of aliphatic hydroxyl groups excluding tert-OH is 1. The maximum atomic E-state index is 10.1. The van der Waals surface area contributed by atoms with Crippen LogP contribution in [0, 0.1) is 0 Å². The van der Waals surface area contributed by atoms with Gasteiger partial charge in [0.1, 0.15) is 5.75 Å².